The Morgan fingerprint density at radius 1 is 1.05 bits per heavy atom. The largest absolute Gasteiger partial charge is 0.490 e. The van der Waals surface area contributed by atoms with Crippen molar-refractivity contribution in [3.63, 3.8) is 0 Å². The van der Waals surface area contributed by atoms with E-state index in [4.69, 9.17) is 14.6 Å². The van der Waals surface area contributed by atoms with Crippen LogP contribution in [-0.2, 0) is 13.2 Å². The average molecular weight is 355 g/mol. The Morgan fingerprint density at radius 3 is 2.52 bits per heavy atom. The molecule has 5 heteroatoms. The van der Waals surface area contributed by atoms with Crippen LogP contribution in [0.2, 0.25) is 0 Å². The second-order valence-corrected chi connectivity index (χ2v) is 5.35. The lowest BCUT2D eigenvalue weighted by Gasteiger charge is -2.13. The van der Waals surface area contributed by atoms with Crippen molar-refractivity contribution in [1.29, 1.82) is 0 Å². The molecule has 0 atom stereocenters. The summed E-state index contributed by atoms with van der Waals surface area (Å²) in [6.45, 7) is 2.54. The SMILES string of the molecule is CCOc1cc(CO)ccc1OCc1cc(F)cc(Br)c1. The monoisotopic (exact) mass is 354 g/mol. The number of aliphatic hydroxyl groups is 1. The van der Waals surface area contributed by atoms with E-state index in [1.807, 2.05) is 6.92 Å². The lowest BCUT2D eigenvalue weighted by atomic mass is 10.2. The summed E-state index contributed by atoms with van der Waals surface area (Å²) < 4.78 is 25.2. The van der Waals surface area contributed by atoms with Crippen LogP contribution in [0.25, 0.3) is 0 Å². The third-order valence-electron chi connectivity index (χ3n) is 2.81. The molecule has 21 heavy (non-hydrogen) atoms. The van der Waals surface area contributed by atoms with Gasteiger partial charge >= 0.3 is 0 Å². The Bertz CT molecular complexity index is 596. The van der Waals surface area contributed by atoms with Gasteiger partial charge in [0.2, 0.25) is 0 Å². The highest BCUT2D eigenvalue weighted by Gasteiger charge is 2.07. The molecule has 0 radical (unpaired) electrons. The van der Waals surface area contributed by atoms with Crippen LogP contribution >= 0.6 is 15.9 Å². The summed E-state index contributed by atoms with van der Waals surface area (Å²) in [5.41, 5.74) is 1.47. The summed E-state index contributed by atoms with van der Waals surface area (Å²) in [4.78, 5) is 0. The number of hydrogen-bond donors (Lipinski definition) is 1. The van der Waals surface area contributed by atoms with Crippen molar-refractivity contribution in [3.8, 4) is 11.5 Å². The Hall–Kier alpha value is -1.59. The third-order valence-corrected chi connectivity index (χ3v) is 3.27. The van der Waals surface area contributed by atoms with Crippen molar-refractivity contribution in [1.82, 2.24) is 0 Å². The maximum Gasteiger partial charge on any atom is 0.161 e. The molecule has 0 saturated carbocycles. The van der Waals surface area contributed by atoms with E-state index in [0.717, 1.165) is 11.1 Å². The maximum absolute atomic E-state index is 13.3. The molecular formula is C16H16BrFO3. The molecule has 0 unspecified atom stereocenters. The molecule has 0 aliphatic heterocycles. The topological polar surface area (TPSA) is 38.7 Å². The van der Waals surface area contributed by atoms with Crippen LogP contribution in [0.15, 0.2) is 40.9 Å². The zero-order chi connectivity index (χ0) is 15.2. The van der Waals surface area contributed by atoms with Gasteiger partial charge in [-0.1, -0.05) is 22.0 Å². The second kappa shape index (κ2) is 7.43. The molecule has 0 aromatic heterocycles. The van der Waals surface area contributed by atoms with E-state index in [1.165, 1.54) is 12.1 Å². The number of rotatable bonds is 6. The van der Waals surface area contributed by atoms with Crippen LogP contribution in [0, 0.1) is 5.82 Å². The molecule has 2 aromatic rings. The van der Waals surface area contributed by atoms with Crippen molar-refractivity contribution >= 4 is 15.9 Å². The summed E-state index contributed by atoms with van der Waals surface area (Å²) in [6, 6.07) is 9.86. The van der Waals surface area contributed by atoms with E-state index in [2.05, 4.69) is 15.9 Å². The summed E-state index contributed by atoms with van der Waals surface area (Å²) in [7, 11) is 0. The average Bonchev–Trinajstić information content (AvgIpc) is 2.45. The summed E-state index contributed by atoms with van der Waals surface area (Å²) >= 11 is 3.25. The van der Waals surface area contributed by atoms with Gasteiger partial charge in [0.25, 0.3) is 0 Å². The standard InChI is InChI=1S/C16H16BrFO3/c1-2-20-16-7-11(9-19)3-4-15(16)21-10-12-5-13(17)8-14(18)6-12/h3-8,19H,2,9-10H2,1H3. The van der Waals surface area contributed by atoms with Crippen LogP contribution in [0.1, 0.15) is 18.1 Å². The molecule has 0 aliphatic rings. The predicted molar refractivity (Wildman–Crippen MR) is 82.0 cm³/mol. The molecule has 0 saturated heterocycles. The first-order valence-electron chi connectivity index (χ1n) is 6.56. The summed E-state index contributed by atoms with van der Waals surface area (Å²) in [5.74, 6) is 0.817. The number of benzene rings is 2. The van der Waals surface area contributed by atoms with Crippen LogP contribution in [0.5, 0.6) is 11.5 Å². The molecule has 112 valence electrons. The minimum absolute atomic E-state index is 0.0583. The van der Waals surface area contributed by atoms with Crippen molar-refractivity contribution in [2.75, 3.05) is 6.61 Å². The van der Waals surface area contributed by atoms with Gasteiger partial charge in [-0.3, -0.25) is 0 Å². The molecule has 0 amide bonds. The second-order valence-electron chi connectivity index (χ2n) is 4.44. The highest BCUT2D eigenvalue weighted by molar-refractivity contribution is 9.10. The quantitative estimate of drug-likeness (QED) is 0.850. The lowest BCUT2D eigenvalue weighted by molar-refractivity contribution is 0.263. The van der Waals surface area contributed by atoms with Crippen LogP contribution < -0.4 is 9.47 Å². The first kappa shape index (κ1) is 15.8. The van der Waals surface area contributed by atoms with E-state index >= 15 is 0 Å². The van der Waals surface area contributed by atoms with Gasteiger partial charge in [-0.25, -0.2) is 4.39 Å². The molecule has 2 rings (SSSR count). The van der Waals surface area contributed by atoms with Crippen molar-refractivity contribution in [2.24, 2.45) is 0 Å². The molecule has 0 heterocycles. The Kier molecular flexibility index (Phi) is 5.59. The van der Waals surface area contributed by atoms with E-state index < -0.39 is 0 Å². The van der Waals surface area contributed by atoms with Crippen LogP contribution in [0.4, 0.5) is 4.39 Å². The molecule has 0 bridgehead atoms. The molecule has 3 nitrogen and oxygen atoms in total. The highest BCUT2D eigenvalue weighted by atomic mass is 79.9. The fraction of sp³-hybridized carbons (Fsp3) is 0.250. The Balaban J connectivity index is 2.15. The minimum Gasteiger partial charge on any atom is -0.490 e. The number of ether oxygens (including phenoxy) is 2. The molecule has 1 N–H and O–H groups in total. The smallest absolute Gasteiger partial charge is 0.161 e. The highest BCUT2D eigenvalue weighted by Crippen LogP contribution is 2.29. The normalized spacial score (nSPS) is 10.5. The molecule has 0 spiro atoms. The van der Waals surface area contributed by atoms with Crippen LogP contribution in [-0.4, -0.2) is 11.7 Å². The molecule has 2 aromatic carbocycles. The third kappa shape index (κ3) is 4.44. The van der Waals surface area contributed by atoms with E-state index in [-0.39, 0.29) is 19.0 Å². The van der Waals surface area contributed by atoms with Gasteiger partial charge in [-0.15, -0.1) is 0 Å². The first-order chi connectivity index (χ1) is 10.1. The van der Waals surface area contributed by atoms with Gasteiger partial charge in [0.1, 0.15) is 12.4 Å². The van der Waals surface area contributed by atoms with Gasteiger partial charge < -0.3 is 14.6 Å². The first-order valence-corrected chi connectivity index (χ1v) is 7.36. The van der Waals surface area contributed by atoms with Gasteiger partial charge in [-0.05, 0) is 48.4 Å². The number of halogens is 2. The van der Waals surface area contributed by atoms with Crippen molar-refractivity contribution in [3.05, 3.63) is 57.8 Å². The fourth-order valence-electron chi connectivity index (χ4n) is 1.89. The zero-order valence-electron chi connectivity index (χ0n) is 11.6. The lowest BCUT2D eigenvalue weighted by Crippen LogP contribution is -2.01. The van der Waals surface area contributed by atoms with E-state index in [1.54, 1.807) is 24.3 Å². The molecule has 0 aliphatic carbocycles. The Morgan fingerprint density at radius 2 is 1.86 bits per heavy atom. The molecular weight excluding hydrogens is 339 g/mol. The van der Waals surface area contributed by atoms with Gasteiger partial charge in [0.15, 0.2) is 11.5 Å². The number of aliphatic hydroxyl groups excluding tert-OH is 1. The maximum atomic E-state index is 13.3. The van der Waals surface area contributed by atoms with Crippen molar-refractivity contribution < 1.29 is 19.0 Å². The van der Waals surface area contributed by atoms with Gasteiger partial charge in [0.05, 0.1) is 13.2 Å². The van der Waals surface area contributed by atoms with Gasteiger partial charge in [0, 0.05) is 4.47 Å². The summed E-state index contributed by atoms with van der Waals surface area (Å²) in [6.07, 6.45) is 0. The predicted octanol–water partition coefficient (Wildman–Crippen LogP) is 4.06. The minimum atomic E-state index is -0.316. The van der Waals surface area contributed by atoms with Gasteiger partial charge in [-0.2, -0.15) is 0 Å². The van der Waals surface area contributed by atoms with Crippen molar-refractivity contribution in [2.45, 2.75) is 20.1 Å². The Labute approximate surface area is 131 Å². The zero-order valence-corrected chi connectivity index (χ0v) is 13.2. The van der Waals surface area contributed by atoms with E-state index in [0.29, 0.717) is 22.6 Å². The molecule has 0 fully saturated rings. The summed E-state index contributed by atoms with van der Waals surface area (Å²) in [5, 5.41) is 9.15. The van der Waals surface area contributed by atoms with E-state index in [9.17, 15) is 4.39 Å². The number of hydrogen-bond acceptors (Lipinski definition) is 3. The fourth-order valence-corrected chi connectivity index (χ4v) is 2.41. The van der Waals surface area contributed by atoms with Crippen LogP contribution in [0.3, 0.4) is 0 Å².